The van der Waals surface area contributed by atoms with E-state index in [0.29, 0.717) is 0 Å². The maximum absolute atomic E-state index is 12.7. The van der Waals surface area contributed by atoms with E-state index in [9.17, 15) is 43.6 Å². The lowest BCUT2D eigenvalue weighted by atomic mass is 10.1. The van der Waals surface area contributed by atoms with E-state index in [4.69, 9.17) is 4.55 Å². The molecule has 0 rings (SSSR count). The Morgan fingerprint density at radius 1 is 1.00 bits per heavy atom. The molecule has 0 unspecified atom stereocenters. The van der Waals surface area contributed by atoms with E-state index in [-0.39, 0.29) is 0 Å². The van der Waals surface area contributed by atoms with Crippen molar-refractivity contribution in [3.8, 4) is 0 Å². The number of sulfone groups is 1. The molecular weight excluding hydrogens is 401 g/mol. The highest BCUT2D eigenvalue weighted by Gasteiger charge is 2.57. The second kappa shape index (κ2) is 7.70. The standard InChI is InChI=1S/C11H18F5NO6S2/c1-9(2,7-25(21,22)23)17-8(18)3-5-24(19,20)6-4-10(12,13)11(14,15)16/h3-7H2,1-2H3,(H,17,18)(H,21,22,23). The lowest BCUT2D eigenvalue weighted by Gasteiger charge is -2.24. The Hall–Kier alpha value is -1.02. The third-order valence-electron chi connectivity index (χ3n) is 2.80. The Balaban J connectivity index is 4.63. The third kappa shape index (κ3) is 9.89. The Kier molecular flexibility index (Phi) is 7.38. The van der Waals surface area contributed by atoms with Gasteiger partial charge in [-0.1, -0.05) is 0 Å². The zero-order valence-electron chi connectivity index (χ0n) is 13.2. The molecule has 0 atom stereocenters. The van der Waals surface area contributed by atoms with Crippen LogP contribution in [0.3, 0.4) is 0 Å². The van der Waals surface area contributed by atoms with E-state index in [1.165, 1.54) is 13.8 Å². The highest BCUT2D eigenvalue weighted by molar-refractivity contribution is 7.91. The maximum Gasteiger partial charge on any atom is 0.453 e. The predicted octanol–water partition coefficient (Wildman–Crippen LogP) is 1.16. The van der Waals surface area contributed by atoms with E-state index in [1.807, 2.05) is 0 Å². The fourth-order valence-corrected chi connectivity index (χ4v) is 3.96. The van der Waals surface area contributed by atoms with Gasteiger partial charge in [0, 0.05) is 12.8 Å². The lowest BCUT2D eigenvalue weighted by Crippen LogP contribution is -2.48. The van der Waals surface area contributed by atoms with Crippen molar-refractivity contribution in [2.24, 2.45) is 0 Å². The first-order valence-electron chi connectivity index (χ1n) is 6.67. The van der Waals surface area contributed by atoms with Crippen LogP contribution in [0.2, 0.25) is 0 Å². The quantitative estimate of drug-likeness (QED) is 0.428. The minimum absolute atomic E-state index is 0.769. The number of halogens is 5. The first-order chi connectivity index (χ1) is 10.8. The van der Waals surface area contributed by atoms with E-state index in [2.05, 4.69) is 5.32 Å². The van der Waals surface area contributed by atoms with Gasteiger partial charge in [0.1, 0.15) is 0 Å². The van der Waals surface area contributed by atoms with E-state index in [0.717, 1.165) is 0 Å². The summed E-state index contributed by atoms with van der Waals surface area (Å²) in [5.41, 5.74) is -1.45. The summed E-state index contributed by atoms with van der Waals surface area (Å²) in [6.45, 7) is 2.44. The molecule has 14 heteroatoms. The molecule has 0 aliphatic heterocycles. The van der Waals surface area contributed by atoms with Gasteiger partial charge in [-0.2, -0.15) is 30.4 Å². The highest BCUT2D eigenvalue weighted by Crippen LogP contribution is 2.38. The van der Waals surface area contributed by atoms with Gasteiger partial charge in [-0.15, -0.1) is 0 Å². The lowest BCUT2D eigenvalue weighted by molar-refractivity contribution is -0.282. The summed E-state index contributed by atoms with van der Waals surface area (Å²) in [5, 5.41) is 2.11. The van der Waals surface area contributed by atoms with Crippen LogP contribution in [-0.4, -0.2) is 62.2 Å². The summed E-state index contributed by atoms with van der Waals surface area (Å²) < 4.78 is 114. The van der Waals surface area contributed by atoms with Crippen molar-refractivity contribution in [3.05, 3.63) is 0 Å². The summed E-state index contributed by atoms with van der Waals surface area (Å²) in [5.74, 6) is -9.47. The minimum Gasteiger partial charge on any atom is -0.350 e. The summed E-state index contributed by atoms with van der Waals surface area (Å²) in [6.07, 6.45) is -8.61. The first kappa shape index (κ1) is 24.0. The average molecular weight is 419 g/mol. The second-order valence-corrected chi connectivity index (χ2v) is 9.77. The number of hydrogen-bond acceptors (Lipinski definition) is 5. The number of rotatable bonds is 9. The van der Waals surface area contributed by atoms with Crippen molar-refractivity contribution in [2.75, 3.05) is 17.3 Å². The second-order valence-electron chi connectivity index (χ2n) is 6.01. The molecular formula is C11H18F5NO6S2. The van der Waals surface area contributed by atoms with Gasteiger partial charge in [0.25, 0.3) is 10.1 Å². The van der Waals surface area contributed by atoms with Crippen molar-refractivity contribution in [3.63, 3.8) is 0 Å². The van der Waals surface area contributed by atoms with Gasteiger partial charge in [-0.25, -0.2) is 8.42 Å². The van der Waals surface area contributed by atoms with Crippen LogP contribution in [0, 0.1) is 0 Å². The molecule has 0 spiro atoms. The molecule has 0 saturated carbocycles. The Labute approximate surface area is 141 Å². The Morgan fingerprint density at radius 2 is 1.48 bits per heavy atom. The van der Waals surface area contributed by atoms with Gasteiger partial charge in [0.2, 0.25) is 5.91 Å². The molecule has 0 heterocycles. The molecule has 0 radical (unpaired) electrons. The van der Waals surface area contributed by atoms with Gasteiger partial charge in [0.05, 0.1) is 22.8 Å². The molecule has 7 nitrogen and oxygen atoms in total. The molecule has 150 valence electrons. The summed E-state index contributed by atoms with van der Waals surface area (Å²) in [4.78, 5) is 11.6. The van der Waals surface area contributed by atoms with E-state index >= 15 is 0 Å². The van der Waals surface area contributed by atoms with Gasteiger partial charge in [-0.3, -0.25) is 9.35 Å². The van der Waals surface area contributed by atoms with E-state index < -0.39 is 73.6 Å². The van der Waals surface area contributed by atoms with Gasteiger partial charge >= 0.3 is 12.1 Å². The Bertz CT molecular complexity index is 684. The predicted molar refractivity (Wildman–Crippen MR) is 77.5 cm³/mol. The van der Waals surface area contributed by atoms with Crippen molar-refractivity contribution in [1.29, 1.82) is 0 Å². The molecule has 0 fully saturated rings. The van der Waals surface area contributed by atoms with Crippen LogP contribution in [0.4, 0.5) is 22.0 Å². The molecule has 2 N–H and O–H groups in total. The van der Waals surface area contributed by atoms with Crippen molar-refractivity contribution in [1.82, 2.24) is 5.32 Å². The smallest absolute Gasteiger partial charge is 0.350 e. The zero-order valence-corrected chi connectivity index (χ0v) is 14.9. The topological polar surface area (TPSA) is 118 Å². The molecule has 1 amide bonds. The van der Waals surface area contributed by atoms with Crippen LogP contribution in [0.25, 0.3) is 0 Å². The molecule has 0 bridgehead atoms. The summed E-state index contributed by atoms with van der Waals surface area (Å²) in [6, 6.07) is 0. The van der Waals surface area contributed by atoms with Crippen LogP contribution < -0.4 is 5.32 Å². The zero-order chi connectivity index (χ0) is 20.3. The Morgan fingerprint density at radius 3 is 1.88 bits per heavy atom. The van der Waals surface area contributed by atoms with Crippen LogP contribution in [0.5, 0.6) is 0 Å². The number of carbonyl (C=O) groups is 1. The van der Waals surface area contributed by atoms with Crippen LogP contribution in [0.1, 0.15) is 26.7 Å². The molecule has 25 heavy (non-hydrogen) atoms. The molecule has 0 aliphatic rings. The first-order valence-corrected chi connectivity index (χ1v) is 10.1. The SMILES string of the molecule is CC(C)(CS(=O)(=O)O)NC(=O)CCS(=O)(=O)CCC(F)(F)C(F)(F)F. The third-order valence-corrected chi connectivity index (χ3v) is 5.54. The summed E-state index contributed by atoms with van der Waals surface area (Å²) in [7, 11) is -8.80. The number of amides is 1. The largest absolute Gasteiger partial charge is 0.453 e. The van der Waals surface area contributed by atoms with Gasteiger partial charge < -0.3 is 5.32 Å². The van der Waals surface area contributed by atoms with Crippen LogP contribution in [-0.2, 0) is 24.7 Å². The van der Waals surface area contributed by atoms with Crippen LogP contribution >= 0.6 is 0 Å². The van der Waals surface area contributed by atoms with Crippen molar-refractivity contribution >= 4 is 25.9 Å². The molecule has 0 aliphatic carbocycles. The average Bonchev–Trinajstić information content (AvgIpc) is 2.29. The monoisotopic (exact) mass is 419 g/mol. The van der Waals surface area contributed by atoms with E-state index in [1.54, 1.807) is 0 Å². The fourth-order valence-electron chi connectivity index (χ4n) is 1.71. The minimum atomic E-state index is -5.88. The normalized spacial score (nSPS) is 14.4. The van der Waals surface area contributed by atoms with Gasteiger partial charge in [0.15, 0.2) is 9.84 Å². The van der Waals surface area contributed by atoms with Crippen molar-refractivity contribution in [2.45, 2.75) is 44.3 Å². The number of nitrogens with one attached hydrogen (secondary N) is 1. The van der Waals surface area contributed by atoms with Crippen LogP contribution in [0.15, 0.2) is 0 Å². The fraction of sp³-hybridized carbons (Fsp3) is 0.909. The number of hydrogen-bond donors (Lipinski definition) is 2. The molecule has 0 aromatic rings. The molecule has 0 saturated heterocycles. The van der Waals surface area contributed by atoms with Gasteiger partial charge in [-0.05, 0) is 13.8 Å². The number of alkyl halides is 5. The maximum atomic E-state index is 12.7. The van der Waals surface area contributed by atoms with Crippen molar-refractivity contribution < 1.29 is 48.1 Å². The summed E-state index contributed by atoms with van der Waals surface area (Å²) >= 11 is 0. The molecule has 0 aromatic carbocycles. The molecule has 0 aromatic heterocycles. The number of carbonyl (C=O) groups excluding carboxylic acids is 1. The highest BCUT2D eigenvalue weighted by atomic mass is 32.2.